The summed E-state index contributed by atoms with van der Waals surface area (Å²) >= 11 is 0. The van der Waals surface area contributed by atoms with Crippen LogP contribution in [0.2, 0.25) is 0 Å². The molecule has 2 aliphatic heterocycles. The monoisotopic (exact) mass is 292 g/mol. The van der Waals surface area contributed by atoms with E-state index in [9.17, 15) is 0 Å². The molecule has 0 N–H and O–H groups in total. The van der Waals surface area contributed by atoms with Gasteiger partial charge in [0.2, 0.25) is 0 Å². The molecule has 1 aromatic rings. The molecule has 0 spiro atoms. The molecule has 2 heterocycles. The van der Waals surface area contributed by atoms with Gasteiger partial charge in [-0.25, -0.2) is 0 Å². The van der Waals surface area contributed by atoms with E-state index in [0.29, 0.717) is 19.8 Å². The van der Waals surface area contributed by atoms with Crippen molar-refractivity contribution in [2.24, 2.45) is 0 Å². The SMILES string of the molecule is CCCC[C@H]1O[C@@H]2OCCO[C@@H]2[C@H]1OCc1ccccc1. The van der Waals surface area contributed by atoms with Crippen molar-refractivity contribution in [2.45, 2.75) is 57.4 Å². The smallest absolute Gasteiger partial charge is 0.186 e. The molecule has 4 atom stereocenters. The molecule has 1 aromatic carbocycles. The van der Waals surface area contributed by atoms with Crippen LogP contribution in [0.4, 0.5) is 0 Å². The first-order valence-corrected chi connectivity index (χ1v) is 7.92. The number of unbranched alkanes of at least 4 members (excludes halogenated alkanes) is 1. The van der Waals surface area contributed by atoms with Crippen LogP contribution in [0.5, 0.6) is 0 Å². The van der Waals surface area contributed by atoms with Gasteiger partial charge in [0.05, 0.1) is 25.9 Å². The Bertz CT molecular complexity index is 422. The summed E-state index contributed by atoms with van der Waals surface area (Å²) in [6, 6.07) is 10.2. The van der Waals surface area contributed by atoms with Crippen molar-refractivity contribution >= 4 is 0 Å². The first-order valence-electron chi connectivity index (χ1n) is 7.92. The number of fused-ring (bicyclic) bond motifs is 1. The Balaban J connectivity index is 1.63. The van der Waals surface area contributed by atoms with Gasteiger partial charge in [-0.1, -0.05) is 50.1 Å². The summed E-state index contributed by atoms with van der Waals surface area (Å²) in [5, 5.41) is 0. The normalized spacial score (nSPS) is 32.0. The van der Waals surface area contributed by atoms with Crippen molar-refractivity contribution in [1.29, 1.82) is 0 Å². The van der Waals surface area contributed by atoms with Crippen molar-refractivity contribution in [3.63, 3.8) is 0 Å². The lowest BCUT2D eigenvalue weighted by atomic mass is 10.0. The molecule has 0 saturated carbocycles. The fraction of sp³-hybridized carbons (Fsp3) is 0.647. The minimum absolute atomic E-state index is 0.0398. The molecule has 2 aliphatic rings. The maximum atomic E-state index is 6.14. The van der Waals surface area contributed by atoms with E-state index in [2.05, 4.69) is 19.1 Å². The van der Waals surface area contributed by atoms with Crippen LogP contribution >= 0.6 is 0 Å². The number of ether oxygens (including phenoxy) is 4. The summed E-state index contributed by atoms with van der Waals surface area (Å²) in [7, 11) is 0. The van der Waals surface area contributed by atoms with Crippen LogP contribution in [-0.4, -0.2) is 37.8 Å². The van der Waals surface area contributed by atoms with Crippen LogP contribution in [0.25, 0.3) is 0 Å². The highest BCUT2D eigenvalue weighted by atomic mass is 16.7. The Morgan fingerprint density at radius 3 is 2.76 bits per heavy atom. The van der Waals surface area contributed by atoms with E-state index in [4.69, 9.17) is 18.9 Å². The third-order valence-corrected chi connectivity index (χ3v) is 4.07. The van der Waals surface area contributed by atoms with Crippen molar-refractivity contribution < 1.29 is 18.9 Å². The lowest BCUT2D eigenvalue weighted by Gasteiger charge is -2.28. The van der Waals surface area contributed by atoms with Crippen LogP contribution in [0.1, 0.15) is 31.7 Å². The maximum Gasteiger partial charge on any atom is 0.186 e. The Hall–Kier alpha value is -0.940. The van der Waals surface area contributed by atoms with Crippen LogP contribution < -0.4 is 0 Å². The topological polar surface area (TPSA) is 36.9 Å². The lowest BCUT2D eigenvalue weighted by Crippen LogP contribution is -2.42. The summed E-state index contributed by atoms with van der Waals surface area (Å²) in [6.07, 6.45) is 2.96. The molecular formula is C17H24O4. The summed E-state index contributed by atoms with van der Waals surface area (Å²) in [6.45, 7) is 4.00. The molecule has 0 aliphatic carbocycles. The number of rotatable bonds is 6. The van der Waals surface area contributed by atoms with Crippen LogP contribution in [-0.2, 0) is 25.6 Å². The zero-order valence-electron chi connectivity index (χ0n) is 12.6. The third kappa shape index (κ3) is 3.64. The van der Waals surface area contributed by atoms with Gasteiger partial charge in [-0.05, 0) is 12.0 Å². The predicted octanol–water partition coefficient (Wildman–Crippen LogP) is 2.90. The Labute approximate surface area is 126 Å². The number of benzene rings is 1. The van der Waals surface area contributed by atoms with Crippen LogP contribution in [0.15, 0.2) is 30.3 Å². The summed E-state index contributed by atoms with van der Waals surface area (Å²) in [5.41, 5.74) is 1.17. The molecule has 4 nitrogen and oxygen atoms in total. The first kappa shape index (κ1) is 15.0. The fourth-order valence-electron chi connectivity index (χ4n) is 2.96. The minimum atomic E-state index is -0.263. The summed E-state index contributed by atoms with van der Waals surface area (Å²) in [5.74, 6) is 0. The average Bonchev–Trinajstić information content (AvgIpc) is 2.89. The lowest BCUT2D eigenvalue weighted by molar-refractivity contribution is -0.222. The second-order valence-electron chi connectivity index (χ2n) is 5.65. The Kier molecular flexibility index (Phi) is 5.25. The van der Waals surface area contributed by atoms with E-state index in [-0.39, 0.29) is 24.6 Å². The standard InChI is InChI=1S/C17H24O4/c1-2-3-9-14-15(16-17(21-14)19-11-10-18-16)20-12-13-7-5-4-6-8-13/h4-8,14-17H,2-3,9-12H2,1H3/t14-,15+,16-,17+/m1/s1. The molecule has 21 heavy (non-hydrogen) atoms. The predicted molar refractivity (Wildman–Crippen MR) is 78.9 cm³/mol. The largest absolute Gasteiger partial charge is 0.368 e. The minimum Gasteiger partial charge on any atom is -0.368 e. The van der Waals surface area contributed by atoms with Gasteiger partial charge in [-0.2, -0.15) is 0 Å². The van der Waals surface area contributed by atoms with Crippen LogP contribution in [0, 0.1) is 0 Å². The summed E-state index contributed by atoms with van der Waals surface area (Å²) < 4.78 is 23.6. The highest BCUT2D eigenvalue weighted by Gasteiger charge is 2.48. The van der Waals surface area contributed by atoms with E-state index in [1.54, 1.807) is 0 Å². The average molecular weight is 292 g/mol. The zero-order valence-corrected chi connectivity index (χ0v) is 12.6. The second-order valence-corrected chi connectivity index (χ2v) is 5.65. The summed E-state index contributed by atoms with van der Waals surface area (Å²) in [4.78, 5) is 0. The van der Waals surface area contributed by atoms with Gasteiger partial charge in [0.15, 0.2) is 6.29 Å². The number of hydrogen-bond donors (Lipinski definition) is 0. The van der Waals surface area contributed by atoms with Crippen molar-refractivity contribution in [2.75, 3.05) is 13.2 Å². The van der Waals surface area contributed by atoms with Gasteiger partial charge >= 0.3 is 0 Å². The van der Waals surface area contributed by atoms with Gasteiger partial charge in [0, 0.05) is 0 Å². The molecule has 0 amide bonds. The van der Waals surface area contributed by atoms with Gasteiger partial charge in [-0.15, -0.1) is 0 Å². The van der Waals surface area contributed by atoms with Crippen molar-refractivity contribution in [3.05, 3.63) is 35.9 Å². The zero-order chi connectivity index (χ0) is 14.5. The maximum absolute atomic E-state index is 6.14. The molecule has 0 bridgehead atoms. The Morgan fingerprint density at radius 1 is 1.14 bits per heavy atom. The first-order chi connectivity index (χ1) is 10.4. The molecule has 0 aromatic heterocycles. The van der Waals surface area contributed by atoms with Gasteiger partial charge < -0.3 is 18.9 Å². The van der Waals surface area contributed by atoms with E-state index < -0.39 is 0 Å². The second kappa shape index (κ2) is 7.36. The molecule has 0 radical (unpaired) electrons. The van der Waals surface area contributed by atoms with E-state index in [1.165, 1.54) is 5.56 Å². The molecule has 116 valence electrons. The van der Waals surface area contributed by atoms with Gasteiger partial charge in [0.1, 0.15) is 12.2 Å². The molecule has 2 fully saturated rings. The van der Waals surface area contributed by atoms with E-state index in [0.717, 1.165) is 19.3 Å². The van der Waals surface area contributed by atoms with E-state index >= 15 is 0 Å². The molecule has 4 heteroatoms. The highest BCUT2D eigenvalue weighted by Crippen LogP contribution is 2.32. The fourth-order valence-corrected chi connectivity index (χ4v) is 2.96. The highest BCUT2D eigenvalue weighted by molar-refractivity contribution is 5.13. The molecular weight excluding hydrogens is 268 g/mol. The van der Waals surface area contributed by atoms with Crippen molar-refractivity contribution in [1.82, 2.24) is 0 Å². The van der Waals surface area contributed by atoms with Gasteiger partial charge in [-0.3, -0.25) is 0 Å². The van der Waals surface area contributed by atoms with Crippen LogP contribution in [0.3, 0.4) is 0 Å². The number of hydrogen-bond acceptors (Lipinski definition) is 4. The molecule has 3 rings (SSSR count). The van der Waals surface area contributed by atoms with Gasteiger partial charge in [0.25, 0.3) is 0 Å². The Morgan fingerprint density at radius 2 is 1.95 bits per heavy atom. The molecule has 0 unspecified atom stereocenters. The molecule has 2 saturated heterocycles. The third-order valence-electron chi connectivity index (χ3n) is 4.07. The van der Waals surface area contributed by atoms with Crippen molar-refractivity contribution in [3.8, 4) is 0 Å². The quantitative estimate of drug-likeness (QED) is 0.808. The van der Waals surface area contributed by atoms with E-state index in [1.807, 2.05) is 18.2 Å².